The van der Waals surface area contributed by atoms with E-state index in [2.05, 4.69) is 10.8 Å². The summed E-state index contributed by atoms with van der Waals surface area (Å²) < 4.78 is 19.9. The Morgan fingerprint density at radius 2 is 2.30 bits per heavy atom. The van der Waals surface area contributed by atoms with Crippen LogP contribution in [0.1, 0.15) is 13.3 Å². The van der Waals surface area contributed by atoms with E-state index in [0.717, 1.165) is 6.42 Å². The van der Waals surface area contributed by atoms with Crippen LogP contribution in [0.15, 0.2) is 12.7 Å². The van der Waals surface area contributed by atoms with Gasteiger partial charge in [-0.1, -0.05) is 13.0 Å². The van der Waals surface area contributed by atoms with Crippen LogP contribution in [-0.4, -0.2) is 17.4 Å². The van der Waals surface area contributed by atoms with Crippen LogP contribution in [0, 0.1) is 0 Å². The first-order valence-corrected chi connectivity index (χ1v) is 4.10. The number of hydrogen-bond acceptors (Lipinski definition) is 3. The van der Waals surface area contributed by atoms with E-state index in [-0.39, 0.29) is 6.61 Å². The summed E-state index contributed by atoms with van der Waals surface area (Å²) in [4.78, 5) is 0. The molecule has 0 bridgehead atoms. The highest BCUT2D eigenvalue weighted by Crippen LogP contribution is 1.90. The summed E-state index contributed by atoms with van der Waals surface area (Å²) in [5, 5.41) is 0. The lowest BCUT2D eigenvalue weighted by Crippen LogP contribution is -2.02. The Balaban J connectivity index is 3.16. The Labute approximate surface area is 63.9 Å². The van der Waals surface area contributed by atoms with E-state index in [1.165, 1.54) is 6.08 Å². The molecule has 10 heavy (non-hydrogen) atoms. The van der Waals surface area contributed by atoms with Gasteiger partial charge in [-0.05, 0) is 6.42 Å². The molecule has 0 aliphatic heterocycles. The third kappa shape index (κ3) is 5.94. The van der Waals surface area contributed by atoms with Gasteiger partial charge in [-0.15, -0.1) is 6.58 Å². The summed E-state index contributed by atoms with van der Waals surface area (Å²) in [5.41, 5.74) is 0. The maximum absolute atomic E-state index is 10.6. The van der Waals surface area contributed by atoms with E-state index >= 15 is 0 Å². The topological polar surface area (TPSA) is 35.5 Å². The lowest BCUT2D eigenvalue weighted by atomic mass is 10.5. The van der Waals surface area contributed by atoms with Crippen LogP contribution < -0.4 is 0 Å². The molecule has 0 heterocycles. The SMILES string of the molecule is C=CCOS(=O)OCCC. The molecule has 0 spiro atoms. The van der Waals surface area contributed by atoms with Gasteiger partial charge in [0.05, 0.1) is 13.2 Å². The normalized spacial score (nSPS) is 12.9. The molecule has 3 nitrogen and oxygen atoms in total. The summed E-state index contributed by atoms with van der Waals surface area (Å²) in [6, 6.07) is 0. The molecule has 0 fully saturated rings. The monoisotopic (exact) mass is 164 g/mol. The fourth-order valence-corrected chi connectivity index (χ4v) is 0.867. The minimum absolute atomic E-state index is 0.260. The summed E-state index contributed by atoms with van der Waals surface area (Å²) in [6.45, 7) is 6.06. The van der Waals surface area contributed by atoms with Crippen molar-refractivity contribution in [1.29, 1.82) is 0 Å². The molecule has 0 N–H and O–H groups in total. The Kier molecular flexibility index (Phi) is 6.79. The van der Waals surface area contributed by atoms with Crippen LogP contribution in [0.25, 0.3) is 0 Å². The van der Waals surface area contributed by atoms with Gasteiger partial charge in [0.1, 0.15) is 0 Å². The average molecular weight is 164 g/mol. The molecule has 0 aliphatic rings. The smallest absolute Gasteiger partial charge is 0.268 e. The quantitative estimate of drug-likeness (QED) is 0.553. The summed E-state index contributed by atoms with van der Waals surface area (Å²) in [6.07, 6.45) is 2.36. The molecular formula is C6H12O3S. The van der Waals surface area contributed by atoms with Crippen molar-refractivity contribution in [3.05, 3.63) is 12.7 Å². The van der Waals surface area contributed by atoms with Gasteiger partial charge in [0.2, 0.25) is 0 Å². The van der Waals surface area contributed by atoms with E-state index in [1.54, 1.807) is 0 Å². The first kappa shape index (κ1) is 9.81. The minimum atomic E-state index is -1.59. The number of hydrogen-bond donors (Lipinski definition) is 0. The van der Waals surface area contributed by atoms with Crippen molar-refractivity contribution in [2.24, 2.45) is 0 Å². The average Bonchev–Trinajstić information content (AvgIpc) is 1.97. The lowest BCUT2D eigenvalue weighted by Gasteiger charge is -1.98. The van der Waals surface area contributed by atoms with Gasteiger partial charge in [-0.3, -0.25) is 8.37 Å². The van der Waals surface area contributed by atoms with E-state index in [4.69, 9.17) is 4.18 Å². The standard InChI is InChI=1S/C6H12O3S/c1-3-5-8-10(7)9-6-4-2/h3H,1,4-6H2,2H3. The molecule has 1 atom stereocenters. The Hall–Kier alpha value is -0.190. The largest absolute Gasteiger partial charge is 0.304 e. The fraction of sp³-hybridized carbons (Fsp3) is 0.667. The van der Waals surface area contributed by atoms with Gasteiger partial charge >= 0.3 is 11.4 Å². The molecule has 60 valence electrons. The molecule has 0 aromatic carbocycles. The first-order valence-electron chi connectivity index (χ1n) is 3.10. The molecule has 0 amide bonds. The van der Waals surface area contributed by atoms with Crippen molar-refractivity contribution in [3.63, 3.8) is 0 Å². The van der Waals surface area contributed by atoms with Crippen LogP contribution in [0.5, 0.6) is 0 Å². The Bertz CT molecular complexity index is 114. The third-order valence-electron chi connectivity index (χ3n) is 0.666. The van der Waals surface area contributed by atoms with Crippen LogP contribution in [0.2, 0.25) is 0 Å². The van der Waals surface area contributed by atoms with Gasteiger partial charge in [0.15, 0.2) is 0 Å². The molecule has 0 aromatic rings. The molecular weight excluding hydrogens is 152 g/mol. The number of rotatable bonds is 6. The fourth-order valence-electron chi connectivity index (χ4n) is 0.289. The zero-order valence-electron chi connectivity index (χ0n) is 6.04. The molecule has 0 aromatic heterocycles. The second-order valence-corrected chi connectivity index (χ2v) is 2.48. The molecule has 0 radical (unpaired) electrons. The third-order valence-corrected chi connectivity index (χ3v) is 1.35. The van der Waals surface area contributed by atoms with Crippen LogP contribution >= 0.6 is 0 Å². The van der Waals surface area contributed by atoms with Crippen molar-refractivity contribution >= 4 is 11.4 Å². The predicted molar refractivity (Wildman–Crippen MR) is 40.5 cm³/mol. The summed E-state index contributed by atoms with van der Waals surface area (Å²) in [5.74, 6) is 0. The maximum atomic E-state index is 10.6. The molecule has 0 saturated carbocycles. The van der Waals surface area contributed by atoms with Crippen molar-refractivity contribution < 1.29 is 12.6 Å². The van der Waals surface area contributed by atoms with Crippen molar-refractivity contribution in [3.8, 4) is 0 Å². The summed E-state index contributed by atoms with van der Waals surface area (Å²) in [7, 11) is 0. The van der Waals surface area contributed by atoms with Gasteiger partial charge in [0, 0.05) is 0 Å². The van der Waals surface area contributed by atoms with Gasteiger partial charge in [-0.2, -0.15) is 4.21 Å². The van der Waals surface area contributed by atoms with Gasteiger partial charge in [0.25, 0.3) is 0 Å². The van der Waals surface area contributed by atoms with E-state index < -0.39 is 11.4 Å². The first-order chi connectivity index (χ1) is 4.81. The minimum Gasteiger partial charge on any atom is -0.268 e. The lowest BCUT2D eigenvalue weighted by molar-refractivity contribution is 0.267. The van der Waals surface area contributed by atoms with Gasteiger partial charge < -0.3 is 0 Å². The van der Waals surface area contributed by atoms with Crippen LogP contribution in [0.3, 0.4) is 0 Å². The van der Waals surface area contributed by atoms with Crippen LogP contribution in [-0.2, 0) is 19.7 Å². The maximum Gasteiger partial charge on any atom is 0.304 e. The molecule has 1 unspecified atom stereocenters. The van der Waals surface area contributed by atoms with E-state index in [1.807, 2.05) is 6.92 Å². The van der Waals surface area contributed by atoms with Crippen molar-refractivity contribution in [2.45, 2.75) is 13.3 Å². The summed E-state index contributed by atoms with van der Waals surface area (Å²) >= 11 is -1.59. The van der Waals surface area contributed by atoms with E-state index in [9.17, 15) is 4.21 Å². The highest BCUT2D eigenvalue weighted by atomic mass is 32.2. The van der Waals surface area contributed by atoms with Crippen molar-refractivity contribution in [2.75, 3.05) is 13.2 Å². The highest BCUT2D eigenvalue weighted by molar-refractivity contribution is 7.75. The second kappa shape index (κ2) is 6.92. The Morgan fingerprint density at radius 3 is 2.80 bits per heavy atom. The molecule has 0 rings (SSSR count). The second-order valence-electron chi connectivity index (χ2n) is 1.60. The molecule has 0 aliphatic carbocycles. The molecule has 4 heteroatoms. The zero-order chi connectivity index (χ0) is 7.82. The Morgan fingerprint density at radius 1 is 1.60 bits per heavy atom. The zero-order valence-corrected chi connectivity index (χ0v) is 6.86. The van der Waals surface area contributed by atoms with Crippen molar-refractivity contribution in [1.82, 2.24) is 0 Å². The highest BCUT2D eigenvalue weighted by Gasteiger charge is 1.95. The van der Waals surface area contributed by atoms with Crippen LogP contribution in [0.4, 0.5) is 0 Å². The van der Waals surface area contributed by atoms with Gasteiger partial charge in [-0.25, -0.2) is 0 Å². The molecule has 0 saturated heterocycles. The predicted octanol–water partition coefficient (Wildman–Crippen LogP) is 1.19. The van der Waals surface area contributed by atoms with E-state index in [0.29, 0.717) is 6.61 Å².